The summed E-state index contributed by atoms with van der Waals surface area (Å²) in [5.74, 6) is 0. The minimum atomic E-state index is -0.118. The van der Waals surface area contributed by atoms with Crippen LogP contribution in [0.4, 0.5) is 0 Å². The Labute approximate surface area is 54.9 Å². The van der Waals surface area contributed by atoms with Gasteiger partial charge >= 0.3 is 0 Å². The first kappa shape index (κ1) is 6.99. The lowest BCUT2D eigenvalue weighted by Crippen LogP contribution is -2.08. The van der Waals surface area contributed by atoms with Gasteiger partial charge in [-0.05, 0) is 13.8 Å². The molecule has 0 saturated carbocycles. The third-order valence-electron chi connectivity index (χ3n) is 1.05. The number of methoxy groups -OCH3 is 1. The molecule has 54 valence electrons. The molecule has 9 heavy (non-hydrogen) atoms. The maximum atomic E-state index is 5.22. The average Bonchev–Trinajstić information content (AvgIpc) is 2.45. The standard InChI is InChI=1S/C6H12O3/c1-4(2)8-6-5(7-3)9-6/h4-6H,1-3H3. The number of ether oxygens (including phenoxy) is 3. The smallest absolute Gasteiger partial charge is 0.212 e. The summed E-state index contributed by atoms with van der Waals surface area (Å²) in [6.45, 7) is 3.93. The van der Waals surface area contributed by atoms with Crippen molar-refractivity contribution >= 4 is 0 Å². The zero-order chi connectivity index (χ0) is 6.85. The molecule has 0 bridgehead atoms. The highest BCUT2D eigenvalue weighted by molar-refractivity contribution is 4.66. The van der Waals surface area contributed by atoms with Gasteiger partial charge in [0.05, 0.1) is 6.10 Å². The van der Waals surface area contributed by atoms with Gasteiger partial charge in [-0.3, -0.25) is 0 Å². The van der Waals surface area contributed by atoms with Gasteiger partial charge in [0.1, 0.15) is 0 Å². The Hall–Kier alpha value is -0.120. The number of hydrogen-bond donors (Lipinski definition) is 0. The van der Waals surface area contributed by atoms with Crippen molar-refractivity contribution in [3.05, 3.63) is 0 Å². The number of hydrogen-bond acceptors (Lipinski definition) is 3. The van der Waals surface area contributed by atoms with Gasteiger partial charge in [-0.1, -0.05) is 0 Å². The van der Waals surface area contributed by atoms with Crippen LogP contribution >= 0.6 is 0 Å². The first-order valence-corrected chi connectivity index (χ1v) is 3.07. The molecule has 0 aliphatic carbocycles. The summed E-state index contributed by atoms with van der Waals surface area (Å²) in [6.07, 6.45) is -0.0162. The Morgan fingerprint density at radius 1 is 1.33 bits per heavy atom. The summed E-state index contributed by atoms with van der Waals surface area (Å²) in [4.78, 5) is 0. The van der Waals surface area contributed by atoms with Gasteiger partial charge in [0.2, 0.25) is 12.6 Å². The number of epoxide rings is 1. The average molecular weight is 132 g/mol. The van der Waals surface area contributed by atoms with E-state index in [0.29, 0.717) is 0 Å². The van der Waals surface area contributed by atoms with Crippen LogP contribution in [0.15, 0.2) is 0 Å². The quantitative estimate of drug-likeness (QED) is 0.531. The fourth-order valence-electron chi connectivity index (χ4n) is 0.618. The molecule has 3 heteroatoms. The van der Waals surface area contributed by atoms with Crippen molar-refractivity contribution in [2.24, 2.45) is 0 Å². The van der Waals surface area contributed by atoms with Gasteiger partial charge in [-0.15, -0.1) is 0 Å². The normalized spacial score (nSPS) is 33.3. The van der Waals surface area contributed by atoms with Gasteiger partial charge in [-0.25, -0.2) is 0 Å². The molecule has 3 nitrogen and oxygen atoms in total. The zero-order valence-electron chi connectivity index (χ0n) is 5.96. The molecule has 1 rings (SSSR count). The van der Waals surface area contributed by atoms with Gasteiger partial charge in [0.15, 0.2) is 0 Å². The Kier molecular flexibility index (Phi) is 2.05. The van der Waals surface area contributed by atoms with E-state index < -0.39 is 0 Å². The Morgan fingerprint density at radius 3 is 2.33 bits per heavy atom. The van der Waals surface area contributed by atoms with E-state index in [-0.39, 0.29) is 18.7 Å². The fourth-order valence-corrected chi connectivity index (χ4v) is 0.618. The van der Waals surface area contributed by atoms with Gasteiger partial charge in [0, 0.05) is 7.11 Å². The summed E-state index contributed by atoms with van der Waals surface area (Å²) in [5.41, 5.74) is 0. The van der Waals surface area contributed by atoms with Crippen LogP contribution in [0, 0.1) is 0 Å². The summed E-state index contributed by atoms with van der Waals surface area (Å²) in [6, 6.07) is 0. The molecule has 0 aromatic carbocycles. The van der Waals surface area contributed by atoms with Crippen molar-refractivity contribution in [1.29, 1.82) is 0 Å². The minimum Gasteiger partial charge on any atom is -0.351 e. The lowest BCUT2D eigenvalue weighted by molar-refractivity contribution is 0.00644. The van der Waals surface area contributed by atoms with E-state index >= 15 is 0 Å². The fraction of sp³-hybridized carbons (Fsp3) is 1.00. The SMILES string of the molecule is COC1OC1OC(C)C. The number of rotatable bonds is 3. The second-order valence-corrected chi connectivity index (χ2v) is 2.29. The largest absolute Gasteiger partial charge is 0.351 e. The lowest BCUT2D eigenvalue weighted by Gasteiger charge is -2.01. The second kappa shape index (κ2) is 2.64. The molecule has 1 aliphatic rings. The molecule has 1 saturated heterocycles. The monoisotopic (exact) mass is 132 g/mol. The predicted octanol–water partition coefficient (Wildman–Crippen LogP) is 0.740. The molecule has 2 atom stereocenters. The molecule has 2 unspecified atom stereocenters. The summed E-state index contributed by atoms with van der Waals surface area (Å²) >= 11 is 0. The predicted molar refractivity (Wildman–Crippen MR) is 31.9 cm³/mol. The van der Waals surface area contributed by atoms with E-state index in [1.807, 2.05) is 13.8 Å². The highest BCUT2D eigenvalue weighted by Crippen LogP contribution is 2.24. The van der Waals surface area contributed by atoms with Crippen molar-refractivity contribution in [1.82, 2.24) is 0 Å². The summed E-state index contributed by atoms with van der Waals surface area (Å²) < 4.78 is 15.0. The van der Waals surface area contributed by atoms with Crippen LogP contribution in [0.3, 0.4) is 0 Å². The third kappa shape index (κ3) is 1.93. The highest BCUT2D eigenvalue weighted by Gasteiger charge is 2.40. The lowest BCUT2D eigenvalue weighted by atomic mass is 10.5. The van der Waals surface area contributed by atoms with Crippen LogP contribution in [0.5, 0.6) is 0 Å². The second-order valence-electron chi connectivity index (χ2n) is 2.29. The summed E-state index contributed by atoms with van der Waals surface area (Å²) in [7, 11) is 1.61. The van der Waals surface area contributed by atoms with Crippen molar-refractivity contribution in [2.45, 2.75) is 32.5 Å². The molecular weight excluding hydrogens is 120 g/mol. The molecule has 1 heterocycles. The van der Waals surface area contributed by atoms with Crippen molar-refractivity contribution < 1.29 is 14.2 Å². The zero-order valence-corrected chi connectivity index (χ0v) is 5.96. The van der Waals surface area contributed by atoms with Crippen LogP contribution in [0.25, 0.3) is 0 Å². The van der Waals surface area contributed by atoms with Crippen molar-refractivity contribution in [3.63, 3.8) is 0 Å². The molecule has 1 aliphatic heterocycles. The molecule has 0 amide bonds. The maximum Gasteiger partial charge on any atom is 0.212 e. The molecule has 0 radical (unpaired) electrons. The van der Waals surface area contributed by atoms with Crippen LogP contribution in [0.1, 0.15) is 13.8 Å². The third-order valence-corrected chi connectivity index (χ3v) is 1.05. The molecule has 0 aromatic heterocycles. The maximum absolute atomic E-state index is 5.22. The Bertz CT molecular complexity index is 92.3. The van der Waals surface area contributed by atoms with Crippen LogP contribution in [-0.2, 0) is 14.2 Å². The molecule has 1 fully saturated rings. The highest BCUT2D eigenvalue weighted by atomic mass is 16.9. The van der Waals surface area contributed by atoms with Gasteiger partial charge in [0.25, 0.3) is 0 Å². The van der Waals surface area contributed by atoms with E-state index in [2.05, 4.69) is 0 Å². The van der Waals surface area contributed by atoms with E-state index in [9.17, 15) is 0 Å². The minimum absolute atomic E-state index is 0.116. The first-order chi connectivity index (χ1) is 4.24. The topological polar surface area (TPSA) is 31.0 Å². The van der Waals surface area contributed by atoms with Gasteiger partial charge < -0.3 is 14.2 Å². The van der Waals surface area contributed by atoms with Crippen LogP contribution < -0.4 is 0 Å². The molecule has 0 N–H and O–H groups in total. The van der Waals surface area contributed by atoms with E-state index in [1.54, 1.807) is 7.11 Å². The summed E-state index contributed by atoms with van der Waals surface area (Å²) in [5, 5.41) is 0. The van der Waals surface area contributed by atoms with Gasteiger partial charge in [-0.2, -0.15) is 0 Å². The molecule has 0 spiro atoms. The van der Waals surface area contributed by atoms with Crippen LogP contribution in [0.2, 0.25) is 0 Å². The van der Waals surface area contributed by atoms with E-state index in [0.717, 1.165) is 0 Å². The Morgan fingerprint density at radius 2 is 2.00 bits per heavy atom. The van der Waals surface area contributed by atoms with Crippen molar-refractivity contribution in [3.8, 4) is 0 Å². The van der Waals surface area contributed by atoms with E-state index in [1.165, 1.54) is 0 Å². The van der Waals surface area contributed by atoms with Crippen LogP contribution in [-0.4, -0.2) is 25.8 Å². The molecule has 0 aromatic rings. The van der Waals surface area contributed by atoms with Crippen molar-refractivity contribution in [2.75, 3.05) is 7.11 Å². The molecular formula is C6H12O3. The Balaban J connectivity index is 2.05. The van der Waals surface area contributed by atoms with E-state index in [4.69, 9.17) is 14.2 Å². The first-order valence-electron chi connectivity index (χ1n) is 3.07.